The molecule has 1 unspecified atom stereocenters. The average Bonchev–Trinajstić information content (AvgIpc) is 2.93. The number of nitrogens with zero attached hydrogens (tertiary/aromatic N) is 2. The second kappa shape index (κ2) is 6.67. The van der Waals surface area contributed by atoms with Crippen LogP contribution in [0.15, 0.2) is 23.8 Å². The molecule has 2 aromatic heterocycles. The summed E-state index contributed by atoms with van der Waals surface area (Å²) in [5.74, 6) is 0. The van der Waals surface area contributed by atoms with Gasteiger partial charge in [0.15, 0.2) is 0 Å². The standard InChI is InChI=1S/C17H25N3S/c1-6-12-10-19-8-7-13(12)14(18-5)9-16-20-15(11-21-16)17(2,3)4/h7-8,10-11,14,18H,6,9H2,1-5H3. The van der Waals surface area contributed by atoms with Gasteiger partial charge in [-0.05, 0) is 30.7 Å². The van der Waals surface area contributed by atoms with Crippen LogP contribution in [0.2, 0.25) is 0 Å². The summed E-state index contributed by atoms with van der Waals surface area (Å²) >= 11 is 1.76. The number of nitrogens with one attached hydrogen (secondary N) is 1. The highest BCUT2D eigenvalue weighted by Gasteiger charge is 2.20. The minimum Gasteiger partial charge on any atom is -0.313 e. The van der Waals surface area contributed by atoms with Gasteiger partial charge in [-0.1, -0.05) is 27.7 Å². The lowest BCUT2D eigenvalue weighted by molar-refractivity contribution is 0.558. The minimum absolute atomic E-state index is 0.120. The number of rotatable bonds is 5. The predicted molar refractivity (Wildman–Crippen MR) is 89.9 cm³/mol. The Labute approximate surface area is 131 Å². The number of aryl methyl sites for hydroxylation is 1. The molecule has 3 nitrogen and oxygen atoms in total. The van der Waals surface area contributed by atoms with E-state index >= 15 is 0 Å². The molecule has 0 aliphatic heterocycles. The Balaban J connectivity index is 2.21. The van der Waals surface area contributed by atoms with Gasteiger partial charge in [-0.2, -0.15) is 0 Å². The largest absolute Gasteiger partial charge is 0.313 e. The summed E-state index contributed by atoms with van der Waals surface area (Å²) in [6, 6.07) is 2.42. The number of hydrogen-bond donors (Lipinski definition) is 1. The molecule has 0 aliphatic carbocycles. The van der Waals surface area contributed by atoms with Crippen LogP contribution in [-0.2, 0) is 18.3 Å². The Morgan fingerprint density at radius 1 is 1.33 bits per heavy atom. The van der Waals surface area contributed by atoms with E-state index in [0.29, 0.717) is 6.04 Å². The second-order valence-electron chi connectivity index (χ2n) is 6.35. The van der Waals surface area contributed by atoms with Gasteiger partial charge in [0, 0.05) is 35.7 Å². The molecule has 0 amide bonds. The predicted octanol–water partition coefficient (Wildman–Crippen LogP) is 3.90. The molecule has 114 valence electrons. The van der Waals surface area contributed by atoms with E-state index in [1.165, 1.54) is 21.8 Å². The van der Waals surface area contributed by atoms with Gasteiger partial charge in [0.1, 0.15) is 0 Å². The Morgan fingerprint density at radius 2 is 2.10 bits per heavy atom. The van der Waals surface area contributed by atoms with E-state index in [9.17, 15) is 0 Å². The SMILES string of the molecule is CCc1cnccc1C(Cc1nc(C(C)(C)C)cs1)NC. The topological polar surface area (TPSA) is 37.8 Å². The first kappa shape index (κ1) is 16.1. The van der Waals surface area contributed by atoms with E-state index in [4.69, 9.17) is 4.98 Å². The van der Waals surface area contributed by atoms with Crippen molar-refractivity contribution in [3.8, 4) is 0 Å². The summed E-state index contributed by atoms with van der Waals surface area (Å²) in [5.41, 5.74) is 3.95. The zero-order valence-electron chi connectivity index (χ0n) is 13.6. The summed E-state index contributed by atoms with van der Waals surface area (Å²) in [5, 5.41) is 6.81. The van der Waals surface area contributed by atoms with Crippen LogP contribution < -0.4 is 5.32 Å². The lowest BCUT2D eigenvalue weighted by Gasteiger charge is -2.18. The molecule has 0 aliphatic rings. The van der Waals surface area contributed by atoms with Crippen molar-refractivity contribution in [3.05, 3.63) is 45.7 Å². The lowest BCUT2D eigenvalue weighted by atomic mass is 9.93. The first-order valence-electron chi connectivity index (χ1n) is 7.50. The second-order valence-corrected chi connectivity index (χ2v) is 7.29. The van der Waals surface area contributed by atoms with Gasteiger partial charge in [0.05, 0.1) is 10.7 Å². The summed E-state index contributed by atoms with van der Waals surface area (Å²) in [7, 11) is 2.02. The average molecular weight is 303 g/mol. The third-order valence-corrected chi connectivity index (χ3v) is 4.62. The van der Waals surface area contributed by atoms with Crippen LogP contribution in [0, 0.1) is 0 Å². The maximum atomic E-state index is 4.81. The van der Waals surface area contributed by atoms with E-state index in [1.54, 1.807) is 11.3 Å². The maximum Gasteiger partial charge on any atom is 0.0947 e. The molecule has 0 fully saturated rings. The molecule has 0 saturated heterocycles. The fraction of sp³-hybridized carbons (Fsp3) is 0.529. The zero-order valence-corrected chi connectivity index (χ0v) is 14.4. The van der Waals surface area contributed by atoms with Crippen molar-refractivity contribution >= 4 is 11.3 Å². The first-order valence-corrected chi connectivity index (χ1v) is 8.38. The zero-order chi connectivity index (χ0) is 15.5. The van der Waals surface area contributed by atoms with E-state index < -0.39 is 0 Å². The number of aromatic nitrogens is 2. The quantitative estimate of drug-likeness (QED) is 0.910. The fourth-order valence-electron chi connectivity index (χ4n) is 2.36. The normalized spacial score (nSPS) is 13.4. The van der Waals surface area contributed by atoms with Gasteiger partial charge in [0.25, 0.3) is 0 Å². The molecule has 2 rings (SSSR count). The van der Waals surface area contributed by atoms with Crippen LogP contribution in [0.5, 0.6) is 0 Å². The maximum absolute atomic E-state index is 4.81. The molecule has 1 atom stereocenters. The minimum atomic E-state index is 0.120. The Morgan fingerprint density at radius 3 is 2.67 bits per heavy atom. The fourth-order valence-corrected chi connectivity index (χ4v) is 3.43. The van der Waals surface area contributed by atoms with Gasteiger partial charge < -0.3 is 5.32 Å². The van der Waals surface area contributed by atoms with E-state index in [2.05, 4.69) is 49.4 Å². The molecule has 0 radical (unpaired) electrons. The molecule has 1 N–H and O–H groups in total. The van der Waals surface area contributed by atoms with Crippen molar-refractivity contribution in [3.63, 3.8) is 0 Å². The Bertz CT molecular complexity index is 584. The molecular weight excluding hydrogens is 278 g/mol. The third kappa shape index (κ3) is 3.89. The lowest BCUT2D eigenvalue weighted by Crippen LogP contribution is -2.20. The van der Waals surface area contributed by atoms with Crippen LogP contribution in [0.1, 0.15) is 55.6 Å². The monoisotopic (exact) mass is 303 g/mol. The highest BCUT2D eigenvalue weighted by Crippen LogP contribution is 2.27. The molecule has 0 aromatic carbocycles. The molecule has 4 heteroatoms. The molecular formula is C17H25N3S. The van der Waals surface area contributed by atoms with Gasteiger partial charge in [-0.15, -0.1) is 11.3 Å². The van der Waals surface area contributed by atoms with Gasteiger partial charge in [-0.25, -0.2) is 4.98 Å². The number of pyridine rings is 1. The number of thiazole rings is 1. The van der Waals surface area contributed by atoms with Crippen molar-refractivity contribution in [1.82, 2.24) is 15.3 Å². The highest BCUT2D eigenvalue weighted by molar-refractivity contribution is 7.09. The molecule has 0 spiro atoms. The van der Waals surface area contributed by atoms with Gasteiger partial charge in [0.2, 0.25) is 0 Å². The Hall–Kier alpha value is -1.26. The van der Waals surface area contributed by atoms with Crippen molar-refractivity contribution < 1.29 is 0 Å². The molecule has 0 saturated carbocycles. The van der Waals surface area contributed by atoms with Crippen molar-refractivity contribution in [2.45, 2.75) is 52.0 Å². The number of hydrogen-bond acceptors (Lipinski definition) is 4. The van der Waals surface area contributed by atoms with Gasteiger partial charge >= 0.3 is 0 Å². The summed E-state index contributed by atoms with van der Waals surface area (Å²) in [4.78, 5) is 9.05. The van der Waals surface area contributed by atoms with Crippen LogP contribution in [-0.4, -0.2) is 17.0 Å². The van der Waals surface area contributed by atoms with E-state index in [-0.39, 0.29) is 5.41 Å². The highest BCUT2D eigenvalue weighted by atomic mass is 32.1. The summed E-state index contributed by atoms with van der Waals surface area (Å²) in [6.07, 6.45) is 5.78. The van der Waals surface area contributed by atoms with Crippen LogP contribution in [0.3, 0.4) is 0 Å². The Kier molecular flexibility index (Phi) is 5.12. The first-order chi connectivity index (χ1) is 9.95. The number of likely N-dealkylation sites (N-methyl/N-ethyl adjacent to an activating group) is 1. The van der Waals surface area contributed by atoms with Crippen LogP contribution in [0.25, 0.3) is 0 Å². The van der Waals surface area contributed by atoms with Crippen LogP contribution >= 0.6 is 11.3 Å². The smallest absolute Gasteiger partial charge is 0.0947 e. The van der Waals surface area contributed by atoms with Crippen molar-refractivity contribution in [1.29, 1.82) is 0 Å². The van der Waals surface area contributed by atoms with Crippen molar-refractivity contribution in [2.24, 2.45) is 0 Å². The van der Waals surface area contributed by atoms with Gasteiger partial charge in [-0.3, -0.25) is 4.98 Å². The molecule has 0 bridgehead atoms. The summed E-state index contributed by atoms with van der Waals surface area (Å²) in [6.45, 7) is 8.80. The van der Waals surface area contributed by atoms with Crippen molar-refractivity contribution in [2.75, 3.05) is 7.05 Å². The summed E-state index contributed by atoms with van der Waals surface area (Å²) < 4.78 is 0. The van der Waals surface area contributed by atoms with E-state index in [0.717, 1.165) is 12.8 Å². The molecule has 2 aromatic rings. The van der Waals surface area contributed by atoms with Crippen LogP contribution in [0.4, 0.5) is 0 Å². The third-order valence-electron chi connectivity index (χ3n) is 3.75. The molecule has 2 heterocycles. The molecule has 21 heavy (non-hydrogen) atoms. The van der Waals surface area contributed by atoms with E-state index in [1.807, 2.05) is 19.4 Å².